The summed E-state index contributed by atoms with van der Waals surface area (Å²) in [6.07, 6.45) is 13.0. The van der Waals surface area contributed by atoms with Crippen molar-refractivity contribution in [2.24, 2.45) is 5.92 Å². The van der Waals surface area contributed by atoms with E-state index in [0.29, 0.717) is 0 Å². The van der Waals surface area contributed by atoms with Crippen LogP contribution in [0.3, 0.4) is 0 Å². The van der Waals surface area contributed by atoms with E-state index in [9.17, 15) is 0 Å². The topological polar surface area (TPSA) is 28.2 Å². The Balaban J connectivity index is -0.0000000760. The van der Waals surface area contributed by atoms with Crippen molar-refractivity contribution >= 4 is 25.3 Å². The van der Waals surface area contributed by atoms with Crippen LogP contribution < -0.4 is 0 Å². The average molecular weight is 595 g/mol. The first-order valence-corrected chi connectivity index (χ1v) is 19.3. The molecule has 0 saturated heterocycles. The molecular weight excluding hydrogens is 542 g/mol. The normalized spacial score (nSPS) is 15.7. The van der Waals surface area contributed by atoms with Crippen LogP contribution in [0.5, 0.6) is 0 Å². The van der Waals surface area contributed by atoms with Crippen molar-refractivity contribution in [1.82, 2.24) is 0 Å². The minimum atomic E-state index is -1.28. The standard InChI is InChI=1S/C11H24NSi.C8H16N.4CH3.2ClH.Ti.Zr/c1-11(2,3)12-13(4,5)10-8-6-7-9-10;1-9-7-6-8-4-2-3-5-8;;;;;;;;/h10H,6-9H2,1-5H3;8H,2-7H2,1H3;4*1H3;2*1H;;/q6*-1;;;2*+4/p-2. The average Bonchev–Trinajstić information content (AvgIpc) is 3.18. The van der Waals surface area contributed by atoms with E-state index in [2.05, 4.69) is 39.2 Å². The SMILES string of the molecule is CC(C)(C)[N-][Si](C)(C)C1CCCC1.C[N-]CCC1CCCC1.[CH3-].[CH3-].[CH3-].[CH3-].[Cl][Zr+2][Cl].[Ti+4]. The maximum atomic E-state index is 5.06. The fourth-order valence-corrected chi connectivity index (χ4v) is 7.93. The predicted molar refractivity (Wildman–Crippen MR) is 141 cm³/mol. The van der Waals surface area contributed by atoms with Gasteiger partial charge in [-0.2, -0.15) is 7.05 Å². The number of rotatable bonds is 5. The van der Waals surface area contributed by atoms with Gasteiger partial charge in [-0.3, -0.25) is 0 Å². The smallest absolute Gasteiger partial charge is 4.00 e. The summed E-state index contributed by atoms with van der Waals surface area (Å²) in [5, 5.41) is 4.10. The molecule has 0 N–H and O–H groups in total. The van der Waals surface area contributed by atoms with Crippen LogP contribution in [0.25, 0.3) is 10.3 Å². The first-order valence-electron chi connectivity index (χ1n) is 9.92. The van der Waals surface area contributed by atoms with Crippen LogP contribution in [0.15, 0.2) is 0 Å². The van der Waals surface area contributed by atoms with Crippen LogP contribution >= 0.6 is 17.0 Å². The van der Waals surface area contributed by atoms with Crippen LogP contribution in [0.4, 0.5) is 0 Å². The van der Waals surface area contributed by atoms with Crippen LogP contribution in [0, 0.1) is 35.6 Å². The van der Waals surface area contributed by atoms with Crippen molar-refractivity contribution in [2.75, 3.05) is 13.6 Å². The Bertz CT molecular complexity index is 321. The second-order valence-corrected chi connectivity index (χ2v) is 17.0. The molecule has 2 nitrogen and oxygen atoms in total. The number of hydrogen-bond acceptors (Lipinski definition) is 0. The fourth-order valence-electron chi connectivity index (χ4n) is 4.20. The van der Waals surface area contributed by atoms with Gasteiger partial charge in [0, 0.05) is 0 Å². The van der Waals surface area contributed by atoms with Crippen molar-refractivity contribution in [2.45, 2.75) is 103 Å². The van der Waals surface area contributed by atoms with Gasteiger partial charge in [0.15, 0.2) is 0 Å². The molecule has 0 aromatic carbocycles. The number of hydrogen-bond donors (Lipinski definition) is 0. The molecule has 0 radical (unpaired) electrons. The molecule has 2 aliphatic rings. The van der Waals surface area contributed by atoms with Gasteiger partial charge in [-0.15, -0.1) is 12.1 Å². The largest absolute Gasteiger partial charge is 4.00 e. The maximum absolute atomic E-state index is 5.06. The van der Waals surface area contributed by atoms with Gasteiger partial charge in [0.2, 0.25) is 0 Å². The van der Waals surface area contributed by atoms with Crippen molar-refractivity contribution in [3.8, 4) is 0 Å². The molecule has 2 rings (SSSR count). The van der Waals surface area contributed by atoms with Crippen LogP contribution in [0.1, 0.15) is 78.6 Å². The van der Waals surface area contributed by atoms with Crippen molar-refractivity contribution in [3.05, 3.63) is 40.0 Å². The molecular formula is C23H52Cl2N2SiTiZr. The van der Waals surface area contributed by atoms with E-state index in [1.165, 1.54) is 57.8 Å². The molecule has 0 bridgehead atoms. The first kappa shape index (κ1) is 45.8. The summed E-state index contributed by atoms with van der Waals surface area (Å²) in [6, 6.07) is 0. The third-order valence-corrected chi connectivity index (χ3v) is 9.04. The summed E-state index contributed by atoms with van der Waals surface area (Å²) < 4.78 is 0. The first-order chi connectivity index (χ1) is 11.7. The van der Waals surface area contributed by atoms with Gasteiger partial charge >= 0.3 is 59.6 Å². The van der Waals surface area contributed by atoms with Crippen LogP contribution in [-0.2, 0) is 42.6 Å². The summed E-state index contributed by atoms with van der Waals surface area (Å²) in [7, 11) is 10.5. The molecule has 0 amide bonds. The molecule has 30 heavy (non-hydrogen) atoms. The van der Waals surface area contributed by atoms with E-state index in [1.54, 1.807) is 0 Å². The number of halogens is 2. The van der Waals surface area contributed by atoms with Gasteiger partial charge in [0.05, 0.1) is 0 Å². The summed E-state index contributed by atoms with van der Waals surface area (Å²) >= 11 is -0.826. The molecule has 0 unspecified atom stereocenters. The molecule has 0 aliphatic heterocycles. The summed E-state index contributed by atoms with van der Waals surface area (Å²) in [5.74, 6) is 1.02. The zero-order chi connectivity index (χ0) is 19.3. The van der Waals surface area contributed by atoms with Crippen molar-refractivity contribution in [1.29, 1.82) is 0 Å². The van der Waals surface area contributed by atoms with E-state index < -0.39 is 29.1 Å². The molecule has 0 aromatic heterocycles. The van der Waals surface area contributed by atoms with Gasteiger partial charge in [0.25, 0.3) is 0 Å². The van der Waals surface area contributed by atoms with Crippen molar-refractivity contribution in [3.63, 3.8) is 0 Å². The monoisotopic (exact) mass is 592 g/mol. The predicted octanol–water partition coefficient (Wildman–Crippen LogP) is 10.1. The third-order valence-electron chi connectivity index (χ3n) is 5.21. The Labute approximate surface area is 228 Å². The molecule has 2 aliphatic carbocycles. The second kappa shape index (κ2) is 25.9. The Hall–Kier alpha value is 2.31. The van der Waals surface area contributed by atoms with Crippen molar-refractivity contribution < 1.29 is 42.6 Å². The van der Waals surface area contributed by atoms with Gasteiger partial charge in [0.1, 0.15) is 0 Å². The minimum absolute atomic E-state index is 0. The molecule has 0 atom stereocenters. The minimum Gasteiger partial charge on any atom is 4.00 e. The molecule has 2 saturated carbocycles. The van der Waals surface area contributed by atoms with Crippen LogP contribution in [0.2, 0.25) is 18.6 Å². The Morgan fingerprint density at radius 3 is 1.57 bits per heavy atom. The maximum Gasteiger partial charge on any atom is 4.00 e. The Morgan fingerprint density at radius 1 is 0.867 bits per heavy atom. The van der Waals surface area contributed by atoms with E-state index in [1.807, 2.05) is 7.05 Å². The Morgan fingerprint density at radius 2 is 1.23 bits per heavy atom. The summed E-state index contributed by atoms with van der Waals surface area (Å²) in [5.41, 5.74) is 1.14. The quantitative estimate of drug-likeness (QED) is 0.224. The zero-order valence-corrected chi connectivity index (χ0v) is 28.4. The molecule has 180 valence electrons. The van der Waals surface area contributed by atoms with Gasteiger partial charge in [-0.05, 0) is 5.92 Å². The third kappa shape index (κ3) is 24.9. The zero-order valence-electron chi connectivity index (χ0n) is 21.9. The molecule has 0 heterocycles. The molecule has 0 aromatic rings. The van der Waals surface area contributed by atoms with E-state index in [0.717, 1.165) is 18.0 Å². The summed E-state index contributed by atoms with van der Waals surface area (Å²) in [4.78, 5) is 5.06. The molecule has 7 heteroatoms. The van der Waals surface area contributed by atoms with E-state index in [-0.39, 0.29) is 57.0 Å². The molecule has 0 spiro atoms. The van der Waals surface area contributed by atoms with Crippen LogP contribution in [-0.4, -0.2) is 27.4 Å². The van der Waals surface area contributed by atoms with E-state index in [4.69, 9.17) is 22.0 Å². The van der Waals surface area contributed by atoms with Gasteiger partial charge in [-0.1, -0.05) is 105 Å². The Kier molecular flexibility index (Phi) is 39.6. The summed E-state index contributed by atoms with van der Waals surface area (Å²) in [6.45, 7) is 12.7. The van der Waals surface area contributed by atoms with Gasteiger partial charge in [-0.25, -0.2) is 0 Å². The second-order valence-electron chi connectivity index (χ2n) is 8.97. The fraction of sp³-hybridized carbons (Fsp3) is 0.826. The molecule has 2 fully saturated rings. The number of nitrogens with zero attached hydrogens (tertiary/aromatic N) is 2. The van der Waals surface area contributed by atoms with Gasteiger partial charge < -0.3 is 40.0 Å². The van der Waals surface area contributed by atoms with E-state index >= 15 is 0 Å².